The normalized spacial score (nSPS) is 15.2. The third-order valence-corrected chi connectivity index (χ3v) is 13.5. The first-order valence-corrected chi connectivity index (χ1v) is 23.1. The highest BCUT2D eigenvalue weighted by atomic mass is 19.3. The lowest BCUT2D eigenvalue weighted by atomic mass is 9.88. The number of ether oxygens (including phenoxy) is 3. The Morgan fingerprint density at radius 2 is 1.46 bits per heavy atom. The standard InChI is InChI=1S/C56H52F2N6O6/c1-36-48(54(66)64(50-29-45(31-59)63(37(50)2)55(57)58)44-21-23-47(24-22-44)69-33-38-13-7-5-8-14-38)30-51(60(36)3)52-49-28-42(53(65)62-32-43-18-12-11-17-41(43)27-46(62)35-68-4)20-19-40(49)25-26-61(52)56(67)70-34-39-15-9-6-10-16-39/h5-24,28-30,46,52,55H,25-27,32-35H2,1-4H3/t46-,52?/m0/s1. The first-order chi connectivity index (χ1) is 33.9. The van der Waals surface area contributed by atoms with Crippen LogP contribution in [0.25, 0.3) is 0 Å². The van der Waals surface area contributed by atoms with Crippen molar-refractivity contribution in [2.45, 2.75) is 65.1 Å². The van der Waals surface area contributed by atoms with Crippen molar-refractivity contribution in [2.24, 2.45) is 7.05 Å². The third kappa shape index (κ3) is 9.28. The minimum Gasteiger partial charge on any atom is -0.489 e. The van der Waals surface area contributed by atoms with Crippen LogP contribution in [0, 0.1) is 25.2 Å². The zero-order valence-electron chi connectivity index (χ0n) is 39.3. The summed E-state index contributed by atoms with van der Waals surface area (Å²) in [6, 6.07) is 43.3. The van der Waals surface area contributed by atoms with Crippen LogP contribution in [0.15, 0.2) is 140 Å². The number of hydrogen-bond acceptors (Lipinski definition) is 7. The number of alkyl halides is 2. The summed E-state index contributed by atoms with van der Waals surface area (Å²) in [5.41, 5.74) is 7.46. The van der Waals surface area contributed by atoms with E-state index in [4.69, 9.17) is 14.2 Å². The smallest absolute Gasteiger partial charge is 0.410 e. The Hall–Kier alpha value is -8.02. The van der Waals surface area contributed by atoms with E-state index in [0.717, 1.165) is 22.3 Å². The maximum atomic E-state index is 15.4. The first-order valence-electron chi connectivity index (χ1n) is 23.1. The average Bonchev–Trinajstić information content (AvgIpc) is 3.88. The van der Waals surface area contributed by atoms with E-state index in [1.54, 1.807) is 56.3 Å². The number of carbonyl (C=O) groups excluding carboxylic acids is 3. The van der Waals surface area contributed by atoms with Crippen molar-refractivity contribution in [1.82, 2.24) is 18.9 Å². The Kier molecular flexibility index (Phi) is 13.6. The number of hydrogen-bond donors (Lipinski definition) is 0. The molecule has 0 aliphatic carbocycles. The summed E-state index contributed by atoms with van der Waals surface area (Å²) in [5.74, 6) is -0.232. The average molecular weight is 943 g/mol. The summed E-state index contributed by atoms with van der Waals surface area (Å²) >= 11 is 0. The van der Waals surface area contributed by atoms with Gasteiger partial charge in [-0.25, -0.2) is 4.79 Å². The van der Waals surface area contributed by atoms with Crippen molar-refractivity contribution in [2.75, 3.05) is 25.2 Å². The molecular formula is C56H52F2N6O6. The fraction of sp³-hybridized carbons (Fsp3) is 0.250. The molecule has 3 amide bonds. The number of nitrogens with zero attached hydrogens (tertiary/aromatic N) is 6. The van der Waals surface area contributed by atoms with E-state index in [1.165, 1.54) is 23.5 Å². The molecular weight excluding hydrogens is 891 g/mol. The molecule has 70 heavy (non-hydrogen) atoms. The molecule has 2 atom stereocenters. The fourth-order valence-electron chi connectivity index (χ4n) is 9.69. The second kappa shape index (κ2) is 20.3. The van der Waals surface area contributed by atoms with Gasteiger partial charge in [-0.1, -0.05) is 91.0 Å². The molecule has 2 aliphatic rings. The summed E-state index contributed by atoms with van der Waals surface area (Å²) in [4.78, 5) is 49.3. The van der Waals surface area contributed by atoms with Gasteiger partial charge in [0.1, 0.15) is 36.8 Å². The molecule has 0 saturated heterocycles. The maximum Gasteiger partial charge on any atom is 0.410 e. The fourth-order valence-corrected chi connectivity index (χ4v) is 9.69. The Morgan fingerprint density at radius 1 is 0.786 bits per heavy atom. The highest BCUT2D eigenvalue weighted by Gasteiger charge is 2.39. The molecule has 0 fully saturated rings. The van der Waals surface area contributed by atoms with Crippen molar-refractivity contribution in [1.29, 1.82) is 5.26 Å². The van der Waals surface area contributed by atoms with Gasteiger partial charge in [0, 0.05) is 55.6 Å². The van der Waals surface area contributed by atoms with Crippen LogP contribution >= 0.6 is 0 Å². The number of benzene rings is 5. The summed E-state index contributed by atoms with van der Waals surface area (Å²) in [6.07, 6.45) is 0.525. The Bertz CT molecular complexity index is 3090. The van der Waals surface area contributed by atoms with E-state index in [-0.39, 0.29) is 47.7 Å². The van der Waals surface area contributed by atoms with Crippen LogP contribution < -0.4 is 9.64 Å². The third-order valence-electron chi connectivity index (χ3n) is 13.5. The van der Waals surface area contributed by atoms with Crippen LogP contribution in [-0.4, -0.2) is 63.1 Å². The topological polar surface area (TPSA) is 122 Å². The Labute approximate surface area is 405 Å². The molecule has 2 aliphatic heterocycles. The predicted molar refractivity (Wildman–Crippen MR) is 260 cm³/mol. The van der Waals surface area contributed by atoms with Crippen molar-refractivity contribution in [3.8, 4) is 11.8 Å². The van der Waals surface area contributed by atoms with E-state index >= 15 is 4.79 Å². The van der Waals surface area contributed by atoms with Crippen molar-refractivity contribution >= 4 is 29.3 Å². The summed E-state index contributed by atoms with van der Waals surface area (Å²) in [7, 11) is 3.43. The van der Waals surface area contributed by atoms with E-state index in [9.17, 15) is 23.6 Å². The van der Waals surface area contributed by atoms with E-state index in [1.807, 2.05) is 113 Å². The van der Waals surface area contributed by atoms with Gasteiger partial charge in [-0.2, -0.15) is 14.0 Å². The van der Waals surface area contributed by atoms with Gasteiger partial charge in [0.25, 0.3) is 11.8 Å². The summed E-state index contributed by atoms with van der Waals surface area (Å²) in [5, 5.41) is 9.99. The largest absolute Gasteiger partial charge is 0.489 e. The molecule has 7 aromatic rings. The molecule has 5 aromatic carbocycles. The van der Waals surface area contributed by atoms with Crippen molar-refractivity contribution in [3.05, 3.63) is 207 Å². The number of methoxy groups -OCH3 is 1. The van der Waals surface area contributed by atoms with Crippen LogP contribution in [-0.2, 0) is 49.1 Å². The van der Waals surface area contributed by atoms with Gasteiger partial charge in [-0.3, -0.25) is 24.0 Å². The predicted octanol–water partition coefficient (Wildman–Crippen LogP) is 10.8. The number of halogens is 2. The minimum absolute atomic E-state index is 0.00813. The number of nitriles is 1. The monoisotopic (exact) mass is 942 g/mol. The molecule has 0 N–H and O–H groups in total. The van der Waals surface area contributed by atoms with Gasteiger partial charge in [0.05, 0.1) is 23.9 Å². The minimum atomic E-state index is -3.05. The first kappa shape index (κ1) is 47.1. The molecule has 0 radical (unpaired) electrons. The SMILES string of the molecule is COC[C@@H]1Cc2ccccc2CN1C(=O)c1ccc2c(c1)C(c1cc(C(=O)N(c3ccc(OCc4ccccc4)cc3)c3cc(C#N)n(C(F)F)c3C)c(C)n1C)N(C(=O)OCc1ccccc1)CC2. The zero-order valence-corrected chi connectivity index (χ0v) is 39.3. The second-order valence-electron chi connectivity index (χ2n) is 17.6. The maximum absolute atomic E-state index is 15.4. The molecule has 9 rings (SSSR count). The quantitative estimate of drug-likeness (QED) is 0.113. The van der Waals surface area contributed by atoms with Gasteiger partial charge in [0.15, 0.2) is 0 Å². The van der Waals surface area contributed by atoms with Gasteiger partial charge < -0.3 is 23.7 Å². The van der Waals surface area contributed by atoms with Gasteiger partial charge in [-0.15, -0.1) is 0 Å². The number of aromatic nitrogens is 2. The number of anilines is 2. The lowest BCUT2D eigenvalue weighted by molar-refractivity contribution is 0.0476. The van der Waals surface area contributed by atoms with Gasteiger partial charge in [0.2, 0.25) is 0 Å². The molecule has 0 saturated carbocycles. The second-order valence-corrected chi connectivity index (χ2v) is 17.6. The number of fused-ring (bicyclic) bond motifs is 2. The number of rotatable bonds is 13. The lowest BCUT2D eigenvalue weighted by Gasteiger charge is -2.38. The molecule has 14 heteroatoms. The van der Waals surface area contributed by atoms with Gasteiger partial charge >= 0.3 is 12.6 Å². The molecule has 0 spiro atoms. The van der Waals surface area contributed by atoms with E-state index in [2.05, 4.69) is 6.07 Å². The van der Waals surface area contributed by atoms with Crippen LogP contribution in [0.1, 0.15) is 89.5 Å². The summed E-state index contributed by atoms with van der Waals surface area (Å²) < 4.78 is 49.2. The van der Waals surface area contributed by atoms with Crippen LogP contribution in [0.3, 0.4) is 0 Å². The number of amides is 3. The van der Waals surface area contributed by atoms with Crippen LogP contribution in [0.5, 0.6) is 5.75 Å². The van der Waals surface area contributed by atoms with Crippen LogP contribution in [0.2, 0.25) is 0 Å². The molecule has 356 valence electrons. The van der Waals surface area contributed by atoms with Crippen LogP contribution in [0.4, 0.5) is 25.0 Å². The Morgan fingerprint density at radius 3 is 2.11 bits per heavy atom. The van der Waals surface area contributed by atoms with Gasteiger partial charge in [-0.05, 0) is 109 Å². The number of carbonyl (C=O) groups is 3. The summed E-state index contributed by atoms with van der Waals surface area (Å²) in [6.45, 7) is 1.52. The molecule has 12 nitrogen and oxygen atoms in total. The molecule has 1 unspecified atom stereocenters. The van der Waals surface area contributed by atoms with E-state index in [0.29, 0.717) is 71.1 Å². The zero-order chi connectivity index (χ0) is 49.1. The molecule has 2 aromatic heterocycles. The highest BCUT2D eigenvalue weighted by molar-refractivity contribution is 6.12. The van der Waals surface area contributed by atoms with E-state index < -0.39 is 24.6 Å². The Balaban J connectivity index is 1.12. The highest BCUT2D eigenvalue weighted by Crippen LogP contribution is 2.41. The van der Waals surface area contributed by atoms with Crippen molar-refractivity contribution < 1.29 is 37.4 Å². The molecule has 4 heterocycles. The lowest BCUT2D eigenvalue weighted by Crippen LogP contribution is -2.46. The van der Waals surface area contributed by atoms with Crippen molar-refractivity contribution in [3.63, 3.8) is 0 Å². The molecule has 0 bridgehead atoms.